The smallest absolute Gasteiger partial charge is 0.320 e. The van der Waals surface area contributed by atoms with Gasteiger partial charge in [0.15, 0.2) is 0 Å². The van der Waals surface area contributed by atoms with Crippen LogP contribution in [0.5, 0.6) is 0 Å². The van der Waals surface area contributed by atoms with Gasteiger partial charge in [-0.05, 0) is 51.5 Å². The fraction of sp³-hybridized carbons (Fsp3) is 0.688. The molecule has 5 aliphatic rings. The van der Waals surface area contributed by atoms with Crippen molar-refractivity contribution in [2.24, 2.45) is 11.3 Å². The van der Waals surface area contributed by atoms with Gasteiger partial charge in [-0.25, -0.2) is 4.79 Å². The van der Waals surface area contributed by atoms with Crippen molar-refractivity contribution in [1.29, 1.82) is 0 Å². The molecule has 3 amide bonds. The minimum Gasteiger partial charge on any atom is -0.374 e. The normalized spacial score (nSPS) is 27.6. The third kappa shape index (κ3) is 6.05. The maximum atomic E-state index is 12.8. The van der Waals surface area contributed by atoms with E-state index in [1.807, 2.05) is 25.8 Å². The third-order valence-corrected chi connectivity index (χ3v) is 9.71. The number of carbonyl (C=O) groups is 2. The Bertz CT molecular complexity index is 963. The highest BCUT2D eigenvalue weighted by Gasteiger charge is 2.46. The standard InChI is InChI=1S/C18H25NO.C7H14N2O.C7H11N/c1-18(11-6-3-7-12-18)17(20)19-13-10-16(14-19)15-8-4-2-5-9-15;1-6(2)9-5-4-8(3)7(9)10;1-5-6-3-4-7(6)8(5)2/h2,4-5,8-9,16H,3,6-7,10-14H2,1H3;6H,4-5H2,1-3H3;6-7H,1,3-4H2,2H3. The van der Waals surface area contributed by atoms with Crippen LogP contribution in [0.1, 0.15) is 83.6 Å². The summed E-state index contributed by atoms with van der Waals surface area (Å²) in [6.07, 6.45) is 9.82. The lowest BCUT2D eigenvalue weighted by atomic mass is 9.69. The first kappa shape index (κ1) is 28.5. The summed E-state index contributed by atoms with van der Waals surface area (Å²) in [5.74, 6) is 1.84. The zero-order chi connectivity index (χ0) is 27.4. The highest BCUT2D eigenvalue weighted by Crippen LogP contribution is 2.47. The number of benzene rings is 1. The number of hydrogen-bond acceptors (Lipinski definition) is 3. The summed E-state index contributed by atoms with van der Waals surface area (Å²) >= 11 is 0. The highest BCUT2D eigenvalue weighted by molar-refractivity contribution is 5.82. The zero-order valence-corrected chi connectivity index (χ0v) is 24.5. The monoisotopic (exact) mass is 522 g/mol. The summed E-state index contributed by atoms with van der Waals surface area (Å²) in [4.78, 5) is 32.1. The molecule has 0 aromatic heterocycles. The van der Waals surface area contributed by atoms with E-state index in [4.69, 9.17) is 0 Å². The minimum atomic E-state index is -0.0795. The van der Waals surface area contributed by atoms with Crippen molar-refractivity contribution in [3.05, 3.63) is 48.2 Å². The molecule has 3 aliphatic heterocycles. The van der Waals surface area contributed by atoms with Crippen LogP contribution >= 0.6 is 0 Å². The van der Waals surface area contributed by atoms with Gasteiger partial charge in [-0.3, -0.25) is 4.79 Å². The number of carbonyl (C=O) groups excluding carboxylic acids is 2. The van der Waals surface area contributed by atoms with E-state index in [2.05, 4.69) is 60.7 Å². The number of likely N-dealkylation sites (N-methyl/N-ethyl adjacent to an activating group) is 1. The second-order valence-electron chi connectivity index (χ2n) is 12.6. The van der Waals surface area contributed by atoms with Crippen LogP contribution in [0.25, 0.3) is 0 Å². The van der Waals surface area contributed by atoms with Crippen LogP contribution in [-0.4, -0.2) is 83.9 Å². The fourth-order valence-electron chi connectivity index (χ4n) is 6.74. The van der Waals surface area contributed by atoms with Crippen LogP contribution in [0.3, 0.4) is 0 Å². The summed E-state index contributed by atoms with van der Waals surface area (Å²) in [5.41, 5.74) is 2.67. The Morgan fingerprint density at radius 3 is 2.11 bits per heavy atom. The van der Waals surface area contributed by atoms with Crippen LogP contribution in [0, 0.1) is 11.3 Å². The molecule has 0 N–H and O–H groups in total. The van der Waals surface area contributed by atoms with Crippen molar-refractivity contribution < 1.29 is 9.59 Å². The Morgan fingerprint density at radius 1 is 0.974 bits per heavy atom. The van der Waals surface area contributed by atoms with Crippen molar-refractivity contribution in [2.75, 3.05) is 40.3 Å². The van der Waals surface area contributed by atoms with Crippen LogP contribution < -0.4 is 0 Å². The predicted molar refractivity (Wildman–Crippen MR) is 155 cm³/mol. The molecule has 1 aromatic carbocycles. The van der Waals surface area contributed by atoms with Gasteiger partial charge in [-0.1, -0.05) is 63.1 Å². The van der Waals surface area contributed by atoms with E-state index in [1.165, 1.54) is 43.4 Å². The molecule has 1 aromatic rings. The molecule has 2 aliphatic carbocycles. The summed E-state index contributed by atoms with van der Waals surface area (Å²) in [7, 11) is 3.98. The second kappa shape index (κ2) is 12.1. The van der Waals surface area contributed by atoms with E-state index in [1.54, 1.807) is 4.90 Å². The van der Waals surface area contributed by atoms with Gasteiger partial charge < -0.3 is 19.6 Å². The molecule has 3 unspecified atom stereocenters. The lowest BCUT2D eigenvalue weighted by Crippen LogP contribution is -2.57. The van der Waals surface area contributed by atoms with Crippen molar-refractivity contribution in [1.82, 2.24) is 19.6 Å². The molecule has 3 saturated heterocycles. The van der Waals surface area contributed by atoms with Crippen LogP contribution in [0.4, 0.5) is 4.79 Å². The fourth-order valence-corrected chi connectivity index (χ4v) is 6.74. The van der Waals surface area contributed by atoms with E-state index in [9.17, 15) is 9.59 Å². The topological polar surface area (TPSA) is 47.1 Å². The second-order valence-corrected chi connectivity index (χ2v) is 12.6. The van der Waals surface area contributed by atoms with Gasteiger partial charge in [0.25, 0.3) is 0 Å². The Balaban J connectivity index is 0.000000154. The van der Waals surface area contributed by atoms with Gasteiger partial charge in [0.2, 0.25) is 5.91 Å². The molecule has 2 saturated carbocycles. The summed E-state index contributed by atoms with van der Waals surface area (Å²) in [5, 5.41) is 0. The molecule has 6 heteroatoms. The van der Waals surface area contributed by atoms with Gasteiger partial charge in [0.05, 0.1) is 0 Å². The van der Waals surface area contributed by atoms with Crippen molar-refractivity contribution in [3.63, 3.8) is 0 Å². The number of urea groups is 1. The van der Waals surface area contributed by atoms with Crippen molar-refractivity contribution in [3.8, 4) is 0 Å². The zero-order valence-electron chi connectivity index (χ0n) is 24.5. The van der Waals surface area contributed by atoms with Crippen molar-refractivity contribution in [2.45, 2.75) is 90.1 Å². The molecule has 3 heterocycles. The molecular weight excluding hydrogens is 472 g/mol. The van der Waals surface area contributed by atoms with E-state index < -0.39 is 0 Å². The van der Waals surface area contributed by atoms with E-state index >= 15 is 0 Å². The van der Waals surface area contributed by atoms with Crippen LogP contribution in [0.15, 0.2) is 42.6 Å². The molecule has 6 nitrogen and oxygen atoms in total. The Labute approximate surface area is 231 Å². The lowest BCUT2D eigenvalue weighted by Gasteiger charge is -2.57. The Kier molecular flexibility index (Phi) is 9.10. The maximum Gasteiger partial charge on any atom is 0.320 e. The number of hydrogen-bond donors (Lipinski definition) is 0. The molecule has 38 heavy (non-hydrogen) atoms. The molecule has 3 atom stereocenters. The molecule has 0 bridgehead atoms. The van der Waals surface area contributed by atoms with E-state index in [-0.39, 0.29) is 11.4 Å². The van der Waals surface area contributed by atoms with Crippen molar-refractivity contribution >= 4 is 11.9 Å². The SMILES string of the molecule is C=C1C2CCC2N1C.CC(C)N1CCN(C)C1=O.CC1(C(=O)N2CCC(c3ccccc3)C2)CCCCC1. The first-order valence-corrected chi connectivity index (χ1v) is 14.9. The summed E-state index contributed by atoms with van der Waals surface area (Å²) in [6.45, 7) is 13.8. The molecule has 0 radical (unpaired) electrons. The molecule has 5 fully saturated rings. The van der Waals surface area contributed by atoms with Gasteiger partial charge in [-0.15, -0.1) is 0 Å². The number of rotatable bonds is 3. The average Bonchev–Trinajstić information content (AvgIpc) is 3.52. The number of likely N-dealkylation sites (tertiary alicyclic amines) is 2. The average molecular weight is 523 g/mol. The molecule has 0 spiro atoms. The Morgan fingerprint density at radius 2 is 1.66 bits per heavy atom. The third-order valence-electron chi connectivity index (χ3n) is 9.71. The molecule has 210 valence electrons. The van der Waals surface area contributed by atoms with Gasteiger partial charge in [-0.2, -0.15) is 0 Å². The number of nitrogens with zero attached hydrogens (tertiary/aromatic N) is 4. The summed E-state index contributed by atoms with van der Waals surface area (Å²) < 4.78 is 0. The first-order valence-electron chi connectivity index (χ1n) is 14.9. The lowest BCUT2D eigenvalue weighted by molar-refractivity contribution is -0.142. The van der Waals surface area contributed by atoms with E-state index in [0.29, 0.717) is 17.9 Å². The van der Waals surface area contributed by atoms with Gasteiger partial charge in [0, 0.05) is 75.3 Å². The van der Waals surface area contributed by atoms with Gasteiger partial charge >= 0.3 is 6.03 Å². The predicted octanol–water partition coefficient (Wildman–Crippen LogP) is 5.96. The van der Waals surface area contributed by atoms with Crippen LogP contribution in [0.2, 0.25) is 0 Å². The van der Waals surface area contributed by atoms with Crippen LogP contribution in [-0.2, 0) is 4.79 Å². The van der Waals surface area contributed by atoms with E-state index in [0.717, 1.165) is 57.4 Å². The quantitative estimate of drug-likeness (QED) is 0.492. The minimum absolute atomic E-state index is 0.0795. The summed E-state index contributed by atoms with van der Waals surface area (Å²) in [6, 6.07) is 12.0. The Hall–Kier alpha value is -2.50. The highest BCUT2D eigenvalue weighted by atomic mass is 16.2. The van der Waals surface area contributed by atoms with Gasteiger partial charge in [0.1, 0.15) is 0 Å². The largest absolute Gasteiger partial charge is 0.374 e. The molecule has 6 rings (SSSR count). The molecular formula is C32H50N4O2. The number of amides is 3. The number of piperidine rings is 1. The number of fused-ring (bicyclic) bond motifs is 1. The first-order chi connectivity index (χ1) is 18.1. The maximum absolute atomic E-state index is 12.8.